The fraction of sp³-hybridized carbons (Fsp3) is 0.400. The molecule has 1 atom stereocenters. The molecular weight excluding hydrogens is 262 g/mol. The van der Waals surface area contributed by atoms with Gasteiger partial charge in [-0.3, -0.25) is 4.79 Å². The number of piperidine rings is 1. The summed E-state index contributed by atoms with van der Waals surface area (Å²) in [6.07, 6.45) is 1.91. The SMILES string of the molecule is CC1(C(=O)c2cc3cccc(Cl)c3o2)CCCNC1. The number of ketones is 1. The normalized spacial score (nSPS) is 23.7. The number of carbonyl (C=O) groups is 1. The molecule has 3 nitrogen and oxygen atoms in total. The third kappa shape index (κ3) is 2.17. The lowest BCUT2D eigenvalue weighted by Crippen LogP contribution is -2.43. The van der Waals surface area contributed by atoms with Crippen molar-refractivity contribution in [3.63, 3.8) is 0 Å². The van der Waals surface area contributed by atoms with E-state index in [4.69, 9.17) is 16.0 Å². The van der Waals surface area contributed by atoms with Crippen LogP contribution in [0.2, 0.25) is 5.02 Å². The summed E-state index contributed by atoms with van der Waals surface area (Å²) in [6, 6.07) is 7.33. The van der Waals surface area contributed by atoms with E-state index in [-0.39, 0.29) is 11.2 Å². The van der Waals surface area contributed by atoms with Crippen molar-refractivity contribution in [1.29, 1.82) is 0 Å². The first-order chi connectivity index (χ1) is 9.10. The van der Waals surface area contributed by atoms with Crippen LogP contribution in [0.3, 0.4) is 0 Å². The average Bonchev–Trinajstić information content (AvgIpc) is 2.84. The second-order valence-electron chi connectivity index (χ2n) is 5.44. The van der Waals surface area contributed by atoms with Gasteiger partial charge in [0.1, 0.15) is 0 Å². The Bertz CT molecular complexity index is 626. The van der Waals surface area contributed by atoms with Gasteiger partial charge < -0.3 is 9.73 Å². The third-order valence-electron chi connectivity index (χ3n) is 3.87. The second-order valence-corrected chi connectivity index (χ2v) is 5.85. The Kier molecular flexibility index (Phi) is 3.11. The van der Waals surface area contributed by atoms with Gasteiger partial charge in [-0.1, -0.05) is 30.7 Å². The first-order valence-electron chi connectivity index (χ1n) is 6.54. The molecule has 1 aliphatic heterocycles. The Morgan fingerprint density at radius 3 is 3.00 bits per heavy atom. The minimum atomic E-state index is -0.376. The zero-order valence-electron chi connectivity index (χ0n) is 10.8. The number of halogens is 1. The third-order valence-corrected chi connectivity index (χ3v) is 4.16. The Morgan fingerprint density at radius 2 is 2.32 bits per heavy atom. The van der Waals surface area contributed by atoms with E-state index in [1.807, 2.05) is 19.1 Å². The van der Waals surface area contributed by atoms with E-state index in [2.05, 4.69) is 5.32 Å². The monoisotopic (exact) mass is 277 g/mol. The van der Waals surface area contributed by atoms with E-state index >= 15 is 0 Å². The summed E-state index contributed by atoms with van der Waals surface area (Å²) in [5.74, 6) is 0.473. The van der Waals surface area contributed by atoms with Crippen LogP contribution in [0.15, 0.2) is 28.7 Å². The van der Waals surface area contributed by atoms with Crippen molar-refractivity contribution >= 4 is 28.4 Å². The Hall–Kier alpha value is -1.32. The zero-order chi connectivity index (χ0) is 13.5. The average molecular weight is 278 g/mol. The number of benzene rings is 1. The van der Waals surface area contributed by atoms with Crippen molar-refractivity contribution < 1.29 is 9.21 Å². The summed E-state index contributed by atoms with van der Waals surface area (Å²) < 4.78 is 5.67. The van der Waals surface area contributed by atoms with Crippen LogP contribution >= 0.6 is 11.6 Å². The molecule has 4 heteroatoms. The number of rotatable bonds is 2. The molecule has 0 saturated carbocycles. The van der Waals surface area contributed by atoms with E-state index in [0.29, 0.717) is 22.9 Å². The largest absolute Gasteiger partial charge is 0.451 e. The molecule has 1 saturated heterocycles. The first-order valence-corrected chi connectivity index (χ1v) is 6.91. The van der Waals surface area contributed by atoms with Gasteiger partial charge in [0.2, 0.25) is 5.78 Å². The van der Waals surface area contributed by atoms with E-state index in [0.717, 1.165) is 24.8 Å². The van der Waals surface area contributed by atoms with E-state index < -0.39 is 0 Å². The van der Waals surface area contributed by atoms with Crippen molar-refractivity contribution in [3.05, 3.63) is 35.0 Å². The number of para-hydroxylation sites is 1. The van der Waals surface area contributed by atoms with Crippen LogP contribution < -0.4 is 5.32 Å². The highest BCUT2D eigenvalue weighted by Crippen LogP contribution is 2.33. The topological polar surface area (TPSA) is 42.2 Å². The van der Waals surface area contributed by atoms with Gasteiger partial charge in [0.15, 0.2) is 11.3 Å². The molecule has 0 aliphatic carbocycles. The highest BCUT2D eigenvalue weighted by atomic mass is 35.5. The maximum atomic E-state index is 12.6. The van der Waals surface area contributed by atoms with Gasteiger partial charge in [0, 0.05) is 17.3 Å². The maximum Gasteiger partial charge on any atom is 0.205 e. The van der Waals surface area contributed by atoms with Gasteiger partial charge >= 0.3 is 0 Å². The quantitative estimate of drug-likeness (QED) is 0.852. The first kappa shape index (κ1) is 12.7. The van der Waals surface area contributed by atoms with Crippen LogP contribution in [-0.2, 0) is 0 Å². The van der Waals surface area contributed by atoms with Crippen molar-refractivity contribution in [2.75, 3.05) is 13.1 Å². The van der Waals surface area contributed by atoms with Crippen LogP contribution in [0.4, 0.5) is 0 Å². The molecule has 3 rings (SSSR count). The molecule has 2 heterocycles. The van der Waals surface area contributed by atoms with Crippen LogP contribution in [0.5, 0.6) is 0 Å². The summed E-state index contributed by atoms with van der Waals surface area (Å²) >= 11 is 6.08. The summed E-state index contributed by atoms with van der Waals surface area (Å²) in [5.41, 5.74) is 0.221. The number of carbonyl (C=O) groups excluding carboxylic acids is 1. The standard InChI is InChI=1S/C15H16ClNO2/c1-15(6-3-7-17-9-15)14(18)12-8-10-4-2-5-11(16)13(10)19-12/h2,4-5,8,17H,3,6-7,9H2,1H3. The molecular formula is C15H16ClNO2. The second kappa shape index (κ2) is 4.66. The molecule has 19 heavy (non-hydrogen) atoms. The Balaban J connectivity index is 1.99. The number of nitrogens with one attached hydrogen (secondary N) is 1. The number of fused-ring (bicyclic) bond motifs is 1. The van der Waals surface area contributed by atoms with Crippen molar-refractivity contribution in [1.82, 2.24) is 5.32 Å². The lowest BCUT2D eigenvalue weighted by molar-refractivity contribution is 0.0744. The molecule has 2 aromatic rings. The number of hydrogen-bond acceptors (Lipinski definition) is 3. The fourth-order valence-electron chi connectivity index (χ4n) is 2.69. The molecule has 0 radical (unpaired) electrons. The van der Waals surface area contributed by atoms with Gasteiger partial charge in [-0.15, -0.1) is 0 Å². The van der Waals surface area contributed by atoms with Crippen LogP contribution in [0.25, 0.3) is 11.0 Å². The van der Waals surface area contributed by atoms with Gasteiger partial charge in [0.05, 0.1) is 5.02 Å². The van der Waals surface area contributed by atoms with E-state index in [1.54, 1.807) is 12.1 Å². The lowest BCUT2D eigenvalue weighted by Gasteiger charge is -2.31. The summed E-state index contributed by atoms with van der Waals surface area (Å²) in [7, 11) is 0. The zero-order valence-corrected chi connectivity index (χ0v) is 11.6. The molecule has 1 fully saturated rings. The van der Waals surface area contributed by atoms with E-state index in [9.17, 15) is 4.79 Å². The number of furan rings is 1. The van der Waals surface area contributed by atoms with Crippen LogP contribution in [0, 0.1) is 5.41 Å². The molecule has 0 bridgehead atoms. The number of Topliss-reactive ketones (excluding diaryl/α,β-unsaturated/α-hetero) is 1. The van der Waals surface area contributed by atoms with Gasteiger partial charge in [-0.05, 0) is 31.5 Å². The Morgan fingerprint density at radius 1 is 1.47 bits per heavy atom. The van der Waals surface area contributed by atoms with Crippen LogP contribution in [0.1, 0.15) is 30.3 Å². The minimum absolute atomic E-state index is 0.0620. The predicted octanol–water partition coefficient (Wildman–Crippen LogP) is 3.66. The summed E-state index contributed by atoms with van der Waals surface area (Å²) in [6.45, 7) is 3.68. The van der Waals surface area contributed by atoms with Crippen molar-refractivity contribution in [2.24, 2.45) is 5.41 Å². The number of hydrogen-bond donors (Lipinski definition) is 1. The highest BCUT2D eigenvalue weighted by Gasteiger charge is 2.37. The van der Waals surface area contributed by atoms with Crippen molar-refractivity contribution in [3.8, 4) is 0 Å². The molecule has 1 unspecified atom stereocenters. The van der Waals surface area contributed by atoms with Crippen LogP contribution in [-0.4, -0.2) is 18.9 Å². The fourth-order valence-corrected chi connectivity index (χ4v) is 2.91. The molecule has 1 aromatic carbocycles. The molecule has 0 amide bonds. The molecule has 1 aliphatic rings. The Labute approximate surface area is 116 Å². The predicted molar refractivity (Wildman–Crippen MR) is 75.8 cm³/mol. The molecule has 1 aromatic heterocycles. The van der Waals surface area contributed by atoms with Gasteiger partial charge in [0.25, 0.3) is 0 Å². The molecule has 1 N–H and O–H groups in total. The maximum absolute atomic E-state index is 12.6. The van der Waals surface area contributed by atoms with E-state index in [1.165, 1.54) is 0 Å². The minimum Gasteiger partial charge on any atom is -0.451 e. The molecule has 0 spiro atoms. The molecule has 100 valence electrons. The lowest BCUT2D eigenvalue weighted by atomic mass is 9.78. The summed E-state index contributed by atoms with van der Waals surface area (Å²) in [4.78, 5) is 12.6. The van der Waals surface area contributed by atoms with Gasteiger partial charge in [-0.25, -0.2) is 0 Å². The smallest absolute Gasteiger partial charge is 0.205 e. The van der Waals surface area contributed by atoms with Gasteiger partial charge in [-0.2, -0.15) is 0 Å². The highest BCUT2D eigenvalue weighted by molar-refractivity contribution is 6.34. The summed E-state index contributed by atoms with van der Waals surface area (Å²) in [5, 5.41) is 4.71. The van der Waals surface area contributed by atoms with Crippen molar-refractivity contribution in [2.45, 2.75) is 19.8 Å².